The molecule has 0 atom stereocenters. The maximum atomic E-state index is 12.3. The van der Waals surface area contributed by atoms with Crippen molar-refractivity contribution in [3.8, 4) is 0 Å². The Hall–Kier alpha value is -2.14. The summed E-state index contributed by atoms with van der Waals surface area (Å²) in [6.45, 7) is 4.05. The molecule has 3 aromatic rings. The molecule has 0 fully saturated rings. The summed E-state index contributed by atoms with van der Waals surface area (Å²) < 4.78 is 3.37. The third-order valence-corrected chi connectivity index (χ3v) is 6.91. The van der Waals surface area contributed by atoms with Crippen LogP contribution in [0.1, 0.15) is 93.7 Å². The van der Waals surface area contributed by atoms with Gasteiger partial charge in [-0.2, -0.15) is 0 Å². The first kappa shape index (κ1) is 26.5. The molecule has 184 valence electrons. The van der Waals surface area contributed by atoms with E-state index < -0.39 is 0 Å². The third kappa shape index (κ3) is 8.57. The molecule has 0 aliphatic heterocycles. The van der Waals surface area contributed by atoms with Crippen LogP contribution in [0.25, 0.3) is 11.0 Å². The minimum atomic E-state index is -0.00606. The highest BCUT2D eigenvalue weighted by Gasteiger charge is 2.10. The molecular weight excluding hydrogens is 486 g/mol. The summed E-state index contributed by atoms with van der Waals surface area (Å²) in [6, 6.07) is 16.0. The summed E-state index contributed by atoms with van der Waals surface area (Å²) >= 11 is 3.42. The number of aryl methyl sites for hydroxylation is 2. The topological polar surface area (TPSA) is 46.9 Å². The average Bonchev–Trinajstić information content (AvgIpc) is 3.20. The zero-order valence-corrected chi connectivity index (χ0v) is 22.3. The van der Waals surface area contributed by atoms with Gasteiger partial charge in [0, 0.05) is 29.5 Å². The smallest absolute Gasteiger partial charge is 0.251 e. The maximum absolute atomic E-state index is 12.3. The van der Waals surface area contributed by atoms with Crippen molar-refractivity contribution in [3.05, 3.63) is 64.4 Å². The lowest BCUT2D eigenvalue weighted by Crippen LogP contribution is -2.24. The van der Waals surface area contributed by atoms with E-state index in [-0.39, 0.29) is 5.91 Å². The summed E-state index contributed by atoms with van der Waals surface area (Å²) in [5, 5.41) is 3.03. The van der Waals surface area contributed by atoms with Crippen LogP contribution in [0.4, 0.5) is 0 Å². The molecular formula is C29H40BrN3O. The Morgan fingerprint density at radius 1 is 0.882 bits per heavy atom. The van der Waals surface area contributed by atoms with Gasteiger partial charge in [0.15, 0.2) is 0 Å². The van der Waals surface area contributed by atoms with Gasteiger partial charge in [0.2, 0.25) is 0 Å². The van der Waals surface area contributed by atoms with Crippen LogP contribution in [0, 0.1) is 0 Å². The van der Waals surface area contributed by atoms with Crippen LogP contribution in [0.5, 0.6) is 0 Å². The lowest BCUT2D eigenvalue weighted by Gasteiger charge is -2.10. The summed E-state index contributed by atoms with van der Waals surface area (Å²) in [7, 11) is 0. The molecule has 0 saturated heterocycles. The quantitative estimate of drug-likeness (QED) is 0.192. The number of rotatable bonds is 16. The van der Waals surface area contributed by atoms with Gasteiger partial charge < -0.3 is 9.88 Å². The van der Waals surface area contributed by atoms with Gasteiger partial charge in [-0.1, -0.05) is 92.4 Å². The molecule has 3 rings (SSSR count). The number of aromatic nitrogens is 2. The van der Waals surface area contributed by atoms with Gasteiger partial charge in [0.05, 0.1) is 11.0 Å². The van der Waals surface area contributed by atoms with E-state index in [4.69, 9.17) is 4.98 Å². The van der Waals surface area contributed by atoms with E-state index in [2.05, 4.69) is 57.0 Å². The van der Waals surface area contributed by atoms with Gasteiger partial charge >= 0.3 is 0 Å². The number of imidazole rings is 1. The lowest BCUT2D eigenvalue weighted by atomic mass is 10.1. The van der Waals surface area contributed by atoms with E-state index >= 15 is 0 Å². The second-order valence-electron chi connectivity index (χ2n) is 9.22. The normalized spacial score (nSPS) is 11.2. The Bertz CT molecular complexity index is 1010. The average molecular weight is 527 g/mol. The molecule has 1 heterocycles. The van der Waals surface area contributed by atoms with Crippen LogP contribution in [-0.2, 0) is 13.0 Å². The molecule has 0 unspecified atom stereocenters. The lowest BCUT2D eigenvalue weighted by molar-refractivity contribution is 0.0953. The zero-order chi connectivity index (χ0) is 24.0. The highest BCUT2D eigenvalue weighted by Crippen LogP contribution is 2.19. The molecule has 0 spiro atoms. The predicted octanol–water partition coefficient (Wildman–Crippen LogP) is 8.08. The number of para-hydroxylation sites is 2. The van der Waals surface area contributed by atoms with Crippen LogP contribution < -0.4 is 5.32 Å². The van der Waals surface area contributed by atoms with Crippen molar-refractivity contribution in [2.75, 3.05) is 6.54 Å². The Morgan fingerprint density at radius 3 is 2.41 bits per heavy atom. The number of nitrogens with zero attached hydrogens (tertiary/aromatic N) is 2. The second kappa shape index (κ2) is 15.0. The standard InChI is InChI=1S/C29H40BrN3O/c1-2-3-4-5-6-7-8-14-22-33-27-19-12-11-18-26(27)32-28(33)20-10-9-13-21-31-29(34)24-16-15-17-25(30)23-24/h11-12,15-19,23H,2-10,13-14,20-22H2,1H3,(H,31,34). The summed E-state index contributed by atoms with van der Waals surface area (Å²) in [5.41, 5.74) is 3.07. The Morgan fingerprint density at radius 2 is 1.62 bits per heavy atom. The molecule has 0 aliphatic rings. The fourth-order valence-corrected chi connectivity index (χ4v) is 4.89. The molecule has 5 heteroatoms. The van der Waals surface area contributed by atoms with Crippen LogP contribution in [-0.4, -0.2) is 22.0 Å². The van der Waals surface area contributed by atoms with E-state index in [0.717, 1.165) is 42.2 Å². The molecule has 0 bridgehead atoms. The molecule has 0 saturated carbocycles. The fourth-order valence-electron chi connectivity index (χ4n) is 4.49. The number of nitrogens with one attached hydrogen (secondary N) is 1. The van der Waals surface area contributed by atoms with Crippen LogP contribution in [0.15, 0.2) is 53.0 Å². The van der Waals surface area contributed by atoms with Gasteiger partial charge in [-0.25, -0.2) is 4.98 Å². The number of halogens is 1. The fraction of sp³-hybridized carbons (Fsp3) is 0.517. The maximum Gasteiger partial charge on any atom is 0.251 e. The Balaban J connectivity index is 1.40. The SMILES string of the molecule is CCCCCCCCCCn1c(CCCCCNC(=O)c2cccc(Br)c2)nc2ccccc21. The summed E-state index contributed by atoms with van der Waals surface area (Å²) in [6.07, 6.45) is 14.9. The van der Waals surface area contributed by atoms with Gasteiger partial charge in [-0.15, -0.1) is 0 Å². The first-order valence-electron chi connectivity index (χ1n) is 13.2. The van der Waals surface area contributed by atoms with Crippen LogP contribution in [0.3, 0.4) is 0 Å². The van der Waals surface area contributed by atoms with Crippen LogP contribution >= 0.6 is 15.9 Å². The number of fused-ring (bicyclic) bond motifs is 1. The van der Waals surface area contributed by atoms with E-state index in [9.17, 15) is 4.79 Å². The molecule has 34 heavy (non-hydrogen) atoms. The minimum Gasteiger partial charge on any atom is -0.352 e. The number of benzene rings is 2. The highest BCUT2D eigenvalue weighted by atomic mass is 79.9. The van der Waals surface area contributed by atoms with Gasteiger partial charge in [-0.05, 0) is 49.6 Å². The van der Waals surface area contributed by atoms with Crippen molar-refractivity contribution in [2.24, 2.45) is 0 Å². The summed E-state index contributed by atoms with van der Waals surface area (Å²) in [4.78, 5) is 17.2. The molecule has 1 N–H and O–H groups in total. The molecule has 2 aromatic carbocycles. The minimum absolute atomic E-state index is 0.00606. The zero-order valence-electron chi connectivity index (χ0n) is 20.7. The molecule has 0 radical (unpaired) electrons. The Labute approximate surface area is 213 Å². The van der Waals surface area contributed by atoms with Crippen molar-refractivity contribution < 1.29 is 4.79 Å². The number of hydrogen-bond acceptors (Lipinski definition) is 2. The highest BCUT2D eigenvalue weighted by molar-refractivity contribution is 9.10. The second-order valence-corrected chi connectivity index (χ2v) is 10.1. The number of hydrogen-bond donors (Lipinski definition) is 1. The van der Waals surface area contributed by atoms with E-state index in [1.807, 2.05) is 24.3 Å². The van der Waals surface area contributed by atoms with E-state index in [0.29, 0.717) is 12.1 Å². The number of unbranched alkanes of at least 4 members (excludes halogenated alkanes) is 9. The molecule has 4 nitrogen and oxygen atoms in total. The van der Waals surface area contributed by atoms with Crippen LogP contribution in [0.2, 0.25) is 0 Å². The Kier molecular flexibility index (Phi) is 11.7. The predicted molar refractivity (Wildman–Crippen MR) is 146 cm³/mol. The first-order valence-corrected chi connectivity index (χ1v) is 14.0. The largest absolute Gasteiger partial charge is 0.352 e. The van der Waals surface area contributed by atoms with Crippen molar-refractivity contribution >= 4 is 32.9 Å². The number of carbonyl (C=O) groups excluding carboxylic acids is 1. The molecule has 0 aliphatic carbocycles. The van der Waals surface area contributed by atoms with E-state index in [1.54, 1.807) is 0 Å². The van der Waals surface area contributed by atoms with Crippen molar-refractivity contribution in [1.29, 1.82) is 0 Å². The van der Waals surface area contributed by atoms with E-state index in [1.165, 1.54) is 62.7 Å². The van der Waals surface area contributed by atoms with Gasteiger partial charge in [0.25, 0.3) is 5.91 Å². The molecule has 1 amide bonds. The van der Waals surface area contributed by atoms with Crippen molar-refractivity contribution in [2.45, 2.75) is 90.5 Å². The summed E-state index contributed by atoms with van der Waals surface area (Å²) in [5.74, 6) is 1.20. The van der Waals surface area contributed by atoms with Gasteiger partial charge in [0.1, 0.15) is 5.82 Å². The first-order chi connectivity index (χ1) is 16.7. The number of amides is 1. The number of carbonyl (C=O) groups is 1. The van der Waals surface area contributed by atoms with Gasteiger partial charge in [-0.3, -0.25) is 4.79 Å². The molecule has 1 aromatic heterocycles. The monoisotopic (exact) mass is 525 g/mol. The van der Waals surface area contributed by atoms with Crippen molar-refractivity contribution in [3.63, 3.8) is 0 Å². The van der Waals surface area contributed by atoms with Crippen molar-refractivity contribution in [1.82, 2.24) is 14.9 Å². The third-order valence-electron chi connectivity index (χ3n) is 6.42.